The molecule has 166 valence electrons. The summed E-state index contributed by atoms with van der Waals surface area (Å²) in [6.45, 7) is 1.92. The molecule has 0 aliphatic heterocycles. The number of nitrogens with zero attached hydrogens (tertiary/aromatic N) is 1. The van der Waals surface area contributed by atoms with Gasteiger partial charge in [0.1, 0.15) is 0 Å². The number of carbonyl (C=O) groups is 2. The number of rotatable bonds is 6. The van der Waals surface area contributed by atoms with E-state index in [1.807, 2.05) is 19.1 Å². The normalized spacial score (nSPS) is 11.0. The quantitative estimate of drug-likeness (QED) is 0.532. The lowest BCUT2D eigenvalue weighted by Crippen LogP contribution is -2.41. The second-order valence-corrected chi connectivity index (χ2v) is 7.12. The number of halogens is 3. The molecule has 3 aromatic carbocycles. The third-order valence-corrected chi connectivity index (χ3v) is 4.69. The van der Waals surface area contributed by atoms with Crippen molar-refractivity contribution in [1.29, 1.82) is 0 Å². The number of amides is 3. The van der Waals surface area contributed by atoms with Crippen LogP contribution in [0.5, 0.6) is 0 Å². The van der Waals surface area contributed by atoms with Crippen molar-refractivity contribution < 1.29 is 22.8 Å². The fourth-order valence-corrected chi connectivity index (χ4v) is 3.00. The monoisotopic (exact) mass is 441 g/mol. The van der Waals surface area contributed by atoms with Crippen molar-refractivity contribution in [2.24, 2.45) is 0 Å². The van der Waals surface area contributed by atoms with Crippen molar-refractivity contribution >= 4 is 23.3 Å². The standard InChI is InChI=1S/C24H22F3N3O2/c1-17-10-12-20(13-11-17)29-23(32)30(21-9-5-8-19(16-21)24(25,26)27)15-14-28-22(31)18-6-3-2-4-7-18/h2-13,16H,14-15H2,1H3,(H,28,31)(H,29,32). The number of alkyl halides is 3. The largest absolute Gasteiger partial charge is 0.416 e. The highest BCUT2D eigenvalue weighted by Crippen LogP contribution is 2.31. The van der Waals surface area contributed by atoms with Crippen LogP contribution in [-0.4, -0.2) is 25.0 Å². The average Bonchev–Trinajstić information content (AvgIpc) is 2.78. The van der Waals surface area contributed by atoms with Crippen LogP contribution in [0, 0.1) is 6.92 Å². The maximum atomic E-state index is 13.2. The molecule has 2 N–H and O–H groups in total. The number of anilines is 2. The first-order valence-corrected chi connectivity index (χ1v) is 9.90. The molecule has 0 saturated heterocycles. The van der Waals surface area contributed by atoms with Crippen LogP contribution in [0.15, 0.2) is 78.9 Å². The first kappa shape index (κ1) is 22.9. The van der Waals surface area contributed by atoms with E-state index in [2.05, 4.69) is 10.6 Å². The van der Waals surface area contributed by atoms with Crippen LogP contribution in [0.3, 0.4) is 0 Å². The van der Waals surface area contributed by atoms with Crippen molar-refractivity contribution in [3.63, 3.8) is 0 Å². The number of urea groups is 1. The Bertz CT molecular complexity index is 1070. The van der Waals surface area contributed by atoms with Gasteiger partial charge in [0.25, 0.3) is 5.91 Å². The maximum absolute atomic E-state index is 13.2. The van der Waals surface area contributed by atoms with Gasteiger partial charge in [-0.15, -0.1) is 0 Å². The van der Waals surface area contributed by atoms with Crippen LogP contribution in [0.25, 0.3) is 0 Å². The van der Waals surface area contributed by atoms with Gasteiger partial charge < -0.3 is 10.6 Å². The Balaban J connectivity index is 1.78. The summed E-state index contributed by atoms with van der Waals surface area (Å²) < 4.78 is 39.6. The molecule has 0 unspecified atom stereocenters. The fraction of sp³-hybridized carbons (Fsp3) is 0.167. The summed E-state index contributed by atoms with van der Waals surface area (Å²) in [6.07, 6.45) is -4.55. The van der Waals surface area contributed by atoms with Gasteiger partial charge in [0.15, 0.2) is 0 Å². The van der Waals surface area contributed by atoms with Crippen molar-refractivity contribution in [1.82, 2.24) is 5.32 Å². The van der Waals surface area contributed by atoms with Gasteiger partial charge in [0, 0.05) is 30.0 Å². The molecule has 3 aromatic rings. The molecule has 0 aliphatic rings. The van der Waals surface area contributed by atoms with Crippen molar-refractivity contribution in [3.05, 3.63) is 95.6 Å². The van der Waals surface area contributed by atoms with E-state index in [1.165, 1.54) is 17.0 Å². The lowest BCUT2D eigenvalue weighted by Gasteiger charge is -2.24. The fourth-order valence-electron chi connectivity index (χ4n) is 3.00. The topological polar surface area (TPSA) is 61.4 Å². The zero-order valence-corrected chi connectivity index (χ0v) is 17.3. The first-order chi connectivity index (χ1) is 15.2. The molecule has 3 rings (SSSR count). The van der Waals surface area contributed by atoms with Crippen molar-refractivity contribution in [2.45, 2.75) is 13.1 Å². The summed E-state index contributed by atoms with van der Waals surface area (Å²) in [5, 5.41) is 5.38. The molecule has 0 aromatic heterocycles. The molecule has 0 spiro atoms. The number of benzene rings is 3. The summed E-state index contributed by atoms with van der Waals surface area (Å²) in [7, 11) is 0. The van der Waals surface area contributed by atoms with Gasteiger partial charge in [-0.25, -0.2) is 4.79 Å². The number of aryl methyl sites for hydroxylation is 1. The van der Waals surface area contributed by atoms with E-state index in [0.29, 0.717) is 11.3 Å². The lowest BCUT2D eigenvalue weighted by atomic mass is 10.2. The van der Waals surface area contributed by atoms with Gasteiger partial charge in [-0.05, 0) is 49.4 Å². The Kier molecular flexibility index (Phi) is 7.14. The highest BCUT2D eigenvalue weighted by Gasteiger charge is 2.31. The Morgan fingerprint density at radius 2 is 1.59 bits per heavy atom. The zero-order valence-electron chi connectivity index (χ0n) is 17.3. The summed E-state index contributed by atoms with van der Waals surface area (Å²) in [5.74, 6) is -0.339. The molecular formula is C24H22F3N3O2. The molecule has 0 aliphatic carbocycles. The molecule has 0 fully saturated rings. The van der Waals surface area contributed by atoms with Crippen LogP contribution >= 0.6 is 0 Å². The van der Waals surface area contributed by atoms with Gasteiger partial charge in [-0.2, -0.15) is 13.2 Å². The molecule has 0 heterocycles. The Morgan fingerprint density at radius 1 is 0.906 bits per heavy atom. The van der Waals surface area contributed by atoms with Gasteiger partial charge in [0.2, 0.25) is 0 Å². The Morgan fingerprint density at radius 3 is 2.25 bits per heavy atom. The van der Waals surface area contributed by atoms with E-state index in [0.717, 1.165) is 17.7 Å². The highest BCUT2D eigenvalue weighted by molar-refractivity contribution is 6.02. The van der Waals surface area contributed by atoms with Crippen LogP contribution in [-0.2, 0) is 6.18 Å². The second kappa shape index (κ2) is 10.00. The third-order valence-electron chi connectivity index (χ3n) is 4.69. The zero-order chi connectivity index (χ0) is 23.1. The van der Waals surface area contributed by atoms with Crippen molar-refractivity contribution in [2.75, 3.05) is 23.3 Å². The minimum absolute atomic E-state index is 0.0302. The van der Waals surface area contributed by atoms with E-state index in [9.17, 15) is 22.8 Å². The SMILES string of the molecule is Cc1ccc(NC(=O)N(CCNC(=O)c2ccccc2)c2cccc(C(F)(F)F)c2)cc1. The first-order valence-electron chi connectivity index (χ1n) is 9.90. The smallest absolute Gasteiger partial charge is 0.350 e. The molecule has 8 heteroatoms. The summed E-state index contributed by atoms with van der Waals surface area (Å²) in [4.78, 5) is 26.4. The Labute approximate surface area is 183 Å². The van der Waals surface area contributed by atoms with Crippen LogP contribution in [0.1, 0.15) is 21.5 Å². The van der Waals surface area contributed by atoms with Gasteiger partial charge >= 0.3 is 12.2 Å². The average molecular weight is 441 g/mol. The summed E-state index contributed by atoms with van der Waals surface area (Å²) in [6, 6.07) is 19.4. The highest BCUT2D eigenvalue weighted by atomic mass is 19.4. The lowest BCUT2D eigenvalue weighted by molar-refractivity contribution is -0.137. The number of nitrogens with one attached hydrogen (secondary N) is 2. The number of hydrogen-bond acceptors (Lipinski definition) is 2. The molecule has 5 nitrogen and oxygen atoms in total. The molecule has 0 saturated carbocycles. The Hall–Kier alpha value is -3.81. The number of carbonyl (C=O) groups excluding carboxylic acids is 2. The van der Waals surface area contributed by atoms with Crippen LogP contribution < -0.4 is 15.5 Å². The third kappa shape index (κ3) is 6.10. The minimum atomic E-state index is -4.55. The number of hydrogen-bond donors (Lipinski definition) is 2. The van der Waals surface area contributed by atoms with E-state index >= 15 is 0 Å². The second-order valence-electron chi connectivity index (χ2n) is 7.12. The van der Waals surface area contributed by atoms with Crippen molar-refractivity contribution in [3.8, 4) is 0 Å². The predicted molar refractivity (Wildman–Crippen MR) is 118 cm³/mol. The van der Waals surface area contributed by atoms with Crippen LogP contribution in [0.4, 0.5) is 29.3 Å². The minimum Gasteiger partial charge on any atom is -0.350 e. The van der Waals surface area contributed by atoms with Gasteiger partial charge in [-0.3, -0.25) is 9.69 Å². The molecular weight excluding hydrogens is 419 g/mol. The molecule has 32 heavy (non-hydrogen) atoms. The van der Waals surface area contributed by atoms with Gasteiger partial charge in [-0.1, -0.05) is 42.0 Å². The van der Waals surface area contributed by atoms with E-state index in [1.54, 1.807) is 42.5 Å². The van der Waals surface area contributed by atoms with E-state index < -0.39 is 17.8 Å². The molecule has 3 amide bonds. The summed E-state index contributed by atoms with van der Waals surface area (Å²) >= 11 is 0. The summed E-state index contributed by atoms with van der Waals surface area (Å²) in [5.41, 5.74) is 1.16. The molecule has 0 radical (unpaired) electrons. The molecule has 0 bridgehead atoms. The molecule has 0 atom stereocenters. The van der Waals surface area contributed by atoms with Gasteiger partial charge in [0.05, 0.1) is 5.56 Å². The van der Waals surface area contributed by atoms with E-state index in [4.69, 9.17) is 0 Å². The predicted octanol–water partition coefficient (Wildman–Crippen LogP) is 5.48. The van der Waals surface area contributed by atoms with Crippen LogP contribution in [0.2, 0.25) is 0 Å². The van der Waals surface area contributed by atoms with E-state index in [-0.39, 0.29) is 24.7 Å². The maximum Gasteiger partial charge on any atom is 0.416 e.